The van der Waals surface area contributed by atoms with Crippen LogP contribution >= 0.6 is 0 Å². The number of benzene rings is 2. The van der Waals surface area contributed by atoms with Gasteiger partial charge in [0.2, 0.25) is 0 Å². The normalized spacial score (nSPS) is 19.2. The first-order valence-corrected chi connectivity index (χ1v) is 7.93. The van der Waals surface area contributed by atoms with E-state index in [9.17, 15) is 4.39 Å². The maximum Gasteiger partial charge on any atom is 0.197 e. The molecule has 1 atom stereocenters. The third-order valence-electron chi connectivity index (χ3n) is 3.65. The van der Waals surface area contributed by atoms with Gasteiger partial charge >= 0.3 is 0 Å². The molecule has 0 amide bonds. The fourth-order valence-corrected chi connectivity index (χ4v) is 2.50. The highest BCUT2D eigenvalue weighted by atomic mass is 19.1. The molecular weight excluding hydrogens is 311 g/mol. The Hall–Kier alpha value is -2.11. The van der Waals surface area contributed by atoms with Gasteiger partial charge in [-0.2, -0.15) is 0 Å². The minimum Gasteiger partial charge on any atom is -0.487 e. The van der Waals surface area contributed by atoms with E-state index in [0.717, 1.165) is 5.56 Å². The Morgan fingerprint density at radius 1 is 1.08 bits per heavy atom. The van der Waals surface area contributed by atoms with Crippen LogP contribution in [0.3, 0.4) is 0 Å². The predicted molar refractivity (Wildman–Crippen MR) is 87.6 cm³/mol. The van der Waals surface area contributed by atoms with Crippen LogP contribution in [0.2, 0.25) is 0 Å². The lowest BCUT2D eigenvalue weighted by atomic mass is 10.2. The number of rotatable bonds is 6. The van der Waals surface area contributed by atoms with Crippen molar-refractivity contribution in [3.05, 3.63) is 59.9 Å². The third kappa shape index (κ3) is 4.24. The maximum absolute atomic E-state index is 14.1. The zero-order valence-electron chi connectivity index (χ0n) is 13.8. The van der Waals surface area contributed by atoms with Gasteiger partial charge in [0.25, 0.3) is 0 Å². The molecule has 3 rings (SSSR count). The molecule has 2 aromatic carbocycles. The molecule has 1 aliphatic rings. The van der Waals surface area contributed by atoms with Crippen molar-refractivity contribution in [1.82, 2.24) is 0 Å². The van der Waals surface area contributed by atoms with E-state index in [0.29, 0.717) is 12.4 Å². The summed E-state index contributed by atoms with van der Waals surface area (Å²) in [7, 11) is 0. The van der Waals surface area contributed by atoms with Crippen molar-refractivity contribution < 1.29 is 23.3 Å². The topological polar surface area (TPSA) is 36.9 Å². The van der Waals surface area contributed by atoms with E-state index in [2.05, 4.69) is 0 Å². The summed E-state index contributed by atoms with van der Waals surface area (Å²) in [6.45, 7) is 4.69. The van der Waals surface area contributed by atoms with Crippen molar-refractivity contribution in [2.45, 2.75) is 32.3 Å². The van der Waals surface area contributed by atoms with E-state index in [4.69, 9.17) is 18.9 Å². The van der Waals surface area contributed by atoms with Crippen LogP contribution in [0.25, 0.3) is 0 Å². The molecule has 0 unspecified atom stereocenters. The Kier molecular flexibility index (Phi) is 5.02. The second-order valence-electron chi connectivity index (χ2n) is 6.10. The zero-order chi connectivity index (χ0) is 17.0. The summed E-state index contributed by atoms with van der Waals surface area (Å²) < 4.78 is 36.6. The zero-order valence-corrected chi connectivity index (χ0v) is 13.8. The smallest absolute Gasteiger partial charge is 0.197 e. The molecule has 1 saturated heterocycles. The highest BCUT2D eigenvalue weighted by molar-refractivity contribution is 5.41. The second kappa shape index (κ2) is 7.20. The molecule has 0 saturated carbocycles. The minimum atomic E-state index is -0.609. The third-order valence-corrected chi connectivity index (χ3v) is 3.65. The van der Waals surface area contributed by atoms with Crippen molar-refractivity contribution in [2.24, 2.45) is 0 Å². The van der Waals surface area contributed by atoms with Gasteiger partial charge in [-0.15, -0.1) is 0 Å². The largest absolute Gasteiger partial charge is 0.487 e. The number of hydrogen-bond donors (Lipinski definition) is 0. The first kappa shape index (κ1) is 16.7. The fraction of sp³-hybridized carbons (Fsp3) is 0.368. The monoisotopic (exact) mass is 332 g/mol. The van der Waals surface area contributed by atoms with Crippen LogP contribution < -0.4 is 9.47 Å². The van der Waals surface area contributed by atoms with Crippen molar-refractivity contribution in [1.29, 1.82) is 0 Å². The van der Waals surface area contributed by atoms with Gasteiger partial charge in [0.1, 0.15) is 19.3 Å². The summed E-state index contributed by atoms with van der Waals surface area (Å²) in [4.78, 5) is 0. The molecule has 1 aliphatic heterocycles. The number of hydrogen-bond acceptors (Lipinski definition) is 4. The minimum absolute atomic E-state index is 0.111. The molecule has 1 fully saturated rings. The summed E-state index contributed by atoms with van der Waals surface area (Å²) in [6.07, 6.45) is -0.190. The summed E-state index contributed by atoms with van der Waals surface area (Å²) in [6, 6.07) is 14.2. The lowest BCUT2D eigenvalue weighted by Crippen LogP contribution is -2.25. The molecule has 2 aromatic rings. The molecular formula is C19H21FO4. The highest BCUT2D eigenvalue weighted by Crippen LogP contribution is 2.32. The Labute approximate surface area is 141 Å². The van der Waals surface area contributed by atoms with E-state index < -0.39 is 11.6 Å². The molecule has 0 spiro atoms. The van der Waals surface area contributed by atoms with Crippen molar-refractivity contribution in [3.8, 4) is 11.5 Å². The van der Waals surface area contributed by atoms with Crippen LogP contribution in [-0.4, -0.2) is 25.1 Å². The Bertz CT molecular complexity index is 672. The van der Waals surface area contributed by atoms with Gasteiger partial charge in [-0.05, 0) is 31.5 Å². The van der Waals surface area contributed by atoms with Gasteiger partial charge in [-0.25, -0.2) is 4.39 Å². The first-order chi connectivity index (χ1) is 11.5. The summed E-state index contributed by atoms with van der Waals surface area (Å²) >= 11 is 0. The van der Waals surface area contributed by atoms with Gasteiger partial charge in [0.05, 0.1) is 6.61 Å². The molecule has 0 N–H and O–H groups in total. The molecule has 0 aliphatic carbocycles. The first-order valence-electron chi connectivity index (χ1n) is 7.93. The summed E-state index contributed by atoms with van der Waals surface area (Å²) in [5.74, 6) is -0.589. The van der Waals surface area contributed by atoms with Gasteiger partial charge in [0.15, 0.2) is 23.1 Å². The van der Waals surface area contributed by atoms with E-state index in [1.165, 1.54) is 6.07 Å². The van der Waals surface area contributed by atoms with E-state index in [1.54, 1.807) is 12.1 Å². The van der Waals surface area contributed by atoms with E-state index in [-0.39, 0.29) is 25.1 Å². The van der Waals surface area contributed by atoms with Crippen molar-refractivity contribution >= 4 is 0 Å². The average molecular weight is 332 g/mol. The van der Waals surface area contributed by atoms with Gasteiger partial charge in [0, 0.05) is 0 Å². The van der Waals surface area contributed by atoms with Crippen LogP contribution in [-0.2, 0) is 16.1 Å². The number of ether oxygens (including phenoxy) is 4. The van der Waals surface area contributed by atoms with Crippen LogP contribution in [0, 0.1) is 5.82 Å². The van der Waals surface area contributed by atoms with Crippen molar-refractivity contribution in [3.63, 3.8) is 0 Å². The van der Waals surface area contributed by atoms with E-state index >= 15 is 0 Å². The van der Waals surface area contributed by atoms with Gasteiger partial charge in [-0.3, -0.25) is 0 Å². The molecule has 5 heteroatoms. The van der Waals surface area contributed by atoms with Crippen molar-refractivity contribution in [2.75, 3.05) is 13.2 Å². The maximum atomic E-state index is 14.1. The number of halogens is 1. The van der Waals surface area contributed by atoms with Gasteiger partial charge in [-0.1, -0.05) is 36.4 Å². The lowest BCUT2D eigenvalue weighted by Gasteiger charge is -2.18. The number of para-hydroxylation sites is 1. The SMILES string of the molecule is CC1(C)OC[C@H](COc2cccc(F)c2OCc2ccccc2)O1. The predicted octanol–water partition coefficient (Wildman–Crippen LogP) is 3.94. The molecule has 24 heavy (non-hydrogen) atoms. The quantitative estimate of drug-likeness (QED) is 0.803. The van der Waals surface area contributed by atoms with Crippen LogP contribution in [0.1, 0.15) is 19.4 Å². The molecule has 0 bridgehead atoms. The van der Waals surface area contributed by atoms with Crippen LogP contribution in [0.15, 0.2) is 48.5 Å². The molecule has 0 radical (unpaired) electrons. The molecule has 128 valence electrons. The molecule has 1 heterocycles. The summed E-state index contributed by atoms with van der Waals surface area (Å²) in [5.41, 5.74) is 0.959. The standard InChI is InChI=1S/C19H21FO4/c1-19(2)23-13-15(24-19)12-21-17-10-6-9-16(20)18(17)22-11-14-7-4-3-5-8-14/h3-10,15H,11-13H2,1-2H3/t15-/m0/s1. The van der Waals surface area contributed by atoms with E-state index in [1.807, 2.05) is 44.2 Å². The Balaban J connectivity index is 1.64. The second-order valence-corrected chi connectivity index (χ2v) is 6.10. The van der Waals surface area contributed by atoms with Gasteiger partial charge < -0.3 is 18.9 Å². The fourth-order valence-electron chi connectivity index (χ4n) is 2.50. The van der Waals surface area contributed by atoms with Crippen LogP contribution in [0.5, 0.6) is 11.5 Å². The lowest BCUT2D eigenvalue weighted by molar-refractivity contribution is -0.141. The highest BCUT2D eigenvalue weighted by Gasteiger charge is 2.33. The summed E-state index contributed by atoms with van der Waals surface area (Å²) in [5, 5.41) is 0. The van der Waals surface area contributed by atoms with Crippen LogP contribution in [0.4, 0.5) is 4.39 Å². The molecule has 0 aromatic heterocycles. The Morgan fingerprint density at radius 3 is 2.58 bits per heavy atom. The Morgan fingerprint density at radius 2 is 1.88 bits per heavy atom. The average Bonchev–Trinajstić information content (AvgIpc) is 2.92. The molecule has 4 nitrogen and oxygen atoms in total.